The predicted octanol–water partition coefficient (Wildman–Crippen LogP) is 3.71. The van der Waals surface area contributed by atoms with E-state index in [9.17, 15) is 9.18 Å². The van der Waals surface area contributed by atoms with Gasteiger partial charge in [0.2, 0.25) is 0 Å². The molecule has 1 saturated carbocycles. The average Bonchev–Trinajstić information content (AvgIpc) is 2.89. The van der Waals surface area contributed by atoms with E-state index in [-0.39, 0.29) is 11.2 Å². The van der Waals surface area contributed by atoms with E-state index in [2.05, 4.69) is 18.1 Å². The Balaban J connectivity index is 1.82. The van der Waals surface area contributed by atoms with Crippen LogP contribution in [0.2, 0.25) is 0 Å². The number of hydrogen-bond donors (Lipinski definition) is 0. The van der Waals surface area contributed by atoms with Crippen LogP contribution in [0, 0.1) is 11.2 Å². The van der Waals surface area contributed by atoms with Crippen LogP contribution in [-0.2, 0) is 11.2 Å². The van der Waals surface area contributed by atoms with Crippen LogP contribution >= 0.6 is 0 Å². The van der Waals surface area contributed by atoms with Crippen LogP contribution in [-0.4, -0.2) is 15.6 Å². The largest absolute Gasteiger partial charge is 0.299 e. The standard InChI is InChI=1S/C18H17FN2O/c1-18-10-12-11-20-21(15-7-5-14(19)6-8-15)16(12)9-13(18)3-2-4-17(18)22/h5-9,11H,2-4,10H2,1H3/t18-/m0/s1. The van der Waals surface area contributed by atoms with E-state index in [0.717, 1.165) is 29.8 Å². The smallest absolute Gasteiger partial charge is 0.143 e. The summed E-state index contributed by atoms with van der Waals surface area (Å²) in [4.78, 5) is 12.4. The van der Waals surface area contributed by atoms with Crippen molar-refractivity contribution in [3.8, 4) is 5.69 Å². The second kappa shape index (κ2) is 4.63. The Hall–Kier alpha value is -2.23. The molecule has 4 rings (SSSR count). The molecule has 0 unspecified atom stereocenters. The van der Waals surface area contributed by atoms with Gasteiger partial charge in [0, 0.05) is 6.42 Å². The lowest BCUT2D eigenvalue weighted by molar-refractivity contribution is -0.127. The van der Waals surface area contributed by atoms with Crippen LogP contribution in [0.1, 0.15) is 37.4 Å². The molecule has 0 bridgehead atoms. The van der Waals surface area contributed by atoms with E-state index in [0.29, 0.717) is 18.6 Å². The summed E-state index contributed by atoms with van der Waals surface area (Å²) >= 11 is 0. The number of Topliss-reactive ketones (excluding diaryl/α,β-unsaturated/α-hetero) is 1. The number of allylic oxidation sites excluding steroid dienone is 1. The minimum Gasteiger partial charge on any atom is -0.299 e. The van der Waals surface area contributed by atoms with Crippen LogP contribution in [0.15, 0.2) is 36.0 Å². The number of fused-ring (bicyclic) bond motifs is 2. The quantitative estimate of drug-likeness (QED) is 0.804. The molecule has 0 saturated heterocycles. The topological polar surface area (TPSA) is 34.9 Å². The van der Waals surface area contributed by atoms with Gasteiger partial charge in [-0.2, -0.15) is 5.10 Å². The van der Waals surface area contributed by atoms with Crippen LogP contribution in [0.5, 0.6) is 0 Å². The molecule has 1 fully saturated rings. The molecule has 0 spiro atoms. The number of halogens is 1. The molecule has 1 aromatic heterocycles. The third-order valence-corrected chi connectivity index (χ3v) is 4.99. The van der Waals surface area contributed by atoms with E-state index in [4.69, 9.17) is 0 Å². The zero-order valence-electron chi connectivity index (χ0n) is 12.5. The summed E-state index contributed by atoms with van der Waals surface area (Å²) in [5.74, 6) is 0.0822. The van der Waals surface area contributed by atoms with Crippen molar-refractivity contribution in [2.75, 3.05) is 0 Å². The van der Waals surface area contributed by atoms with Crippen molar-refractivity contribution in [1.29, 1.82) is 0 Å². The number of hydrogen-bond acceptors (Lipinski definition) is 2. The number of nitrogens with zero attached hydrogens (tertiary/aromatic N) is 2. The van der Waals surface area contributed by atoms with Gasteiger partial charge < -0.3 is 0 Å². The molecular weight excluding hydrogens is 279 g/mol. The molecule has 3 nitrogen and oxygen atoms in total. The summed E-state index contributed by atoms with van der Waals surface area (Å²) in [5, 5.41) is 4.45. The van der Waals surface area contributed by atoms with Crippen molar-refractivity contribution in [3.63, 3.8) is 0 Å². The van der Waals surface area contributed by atoms with Crippen LogP contribution < -0.4 is 0 Å². The Morgan fingerprint density at radius 1 is 1.23 bits per heavy atom. The molecule has 2 aliphatic rings. The van der Waals surface area contributed by atoms with Crippen molar-refractivity contribution in [2.45, 2.75) is 32.6 Å². The third-order valence-electron chi connectivity index (χ3n) is 4.99. The molecule has 0 radical (unpaired) electrons. The van der Waals surface area contributed by atoms with Gasteiger partial charge in [-0.3, -0.25) is 4.79 Å². The fraction of sp³-hybridized carbons (Fsp3) is 0.333. The van der Waals surface area contributed by atoms with E-state index in [1.807, 2.05) is 10.9 Å². The van der Waals surface area contributed by atoms with Crippen molar-refractivity contribution < 1.29 is 9.18 Å². The lowest BCUT2D eigenvalue weighted by Crippen LogP contribution is -2.37. The lowest BCUT2D eigenvalue weighted by atomic mass is 9.65. The van der Waals surface area contributed by atoms with E-state index in [1.165, 1.54) is 17.7 Å². The highest BCUT2D eigenvalue weighted by Gasteiger charge is 2.42. The van der Waals surface area contributed by atoms with Gasteiger partial charge in [-0.25, -0.2) is 9.07 Å². The van der Waals surface area contributed by atoms with Crippen molar-refractivity contribution in [1.82, 2.24) is 9.78 Å². The maximum Gasteiger partial charge on any atom is 0.143 e. The number of ketones is 1. The van der Waals surface area contributed by atoms with Gasteiger partial charge in [-0.1, -0.05) is 5.57 Å². The Morgan fingerprint density at radius 3 is 2.77 bits per heavy atom. The molecule has 1 heterocycles. The predicted molar refractivity (Wildman–Crippen MR) is 82.2 cm³/mol. The van der Waals surface area contributed by atoms with Gasteiger partial charge in [0.05, 0.1) is 23.0 Å². The zero-order chi connectivity index (χ0) is 15.3. The molecule has 2 aliphatic carbocycles. The summed E-state index contributed by atoms with van der Waals surface area (Å²) in [6, 6.07) is 6.32. The van der Waals surface area contributed by atoms with Gasteiger partial charge in [0.25, 0.3) is 0 Å². The minimum atomic E-state index is -0.359. The van der Waals surface area contributed by atoms with E-state index in [1.54, 1.807) is 12.1 Å². The molecule has 1 aromatic carbocycles. The molecule has 0 N–H and O–H groups in total. The fourth-order valence-corrected chi connectivity index (χ4v) is 3.63. The monoisotopic (exact) mass is 296 g/mol. The fourth-order valence-electron chi connectivity index (χ4n) is 3.63. The number of aromatic nitrogens is 2. The number of rotatable bonds is 1. The summed E-state index contributed by atoms with van der Waals surface area (Å²) in [5.41, 5.74) is 3.80. The summed E-state index contributed by atoms with van der Waals surface area (Å²) < 4.78 is 14.9. The first-order chi connectivity index (χ1) is 10.6. The molecule has 0 aliphatic heterocycles. The Bertz CT molecular complexity index is 788. The normalized spacial score (nSPS) is 23.7. The molecule has 112 valence electrons. The Kier molecular flexibility index (Phi) is 2.83. The summed E-state index contributed by atoms with van der Waals surface area (Å²) in [6.07, 6.45) is 7.24. The molecular formula is C18H17FN2O. The maximum absolute atomic E-state index is 13.1. The minimum absolute atomic E-state index is 0.256. The molecule has 2 aromatic rings. The highest BCUT2D eigenvalue weighted by molar-refractivity contribution is 5.91. The average molecular weight is 296 g/mol. The molecule has 0 amide bonds. The van der Waals surface area contributed by atoms with Gasteiger partial charge >= 0.3 is 0 Å². The van der Waals surface area contributed by atoms with E-state index >= 15 is 0 Å². The SMILES string of the molecule is C[C@]12Cc3cnn(-c4ccc(F)cc4)c3C=C1CCCC2=O. The maximum atomic E-state index is 13.1. The lowest BCUT2D eigenvalue weighted by Gasteiger charge is -2.37. The zero-order valence-corrected chi connectivity index (χ0v) is 12.5. The Labute approximate surface area is 128 Å². The van der Waals surface area contributed by atoms with E-state index < -0.39 is 0 Å². The van der Waals surface area contributed by atoms with Crippen LogP contribution in [0.25, 0.3) is 11.8 Å². The van der Waals surface area contributed by atoms with Gasteiger partial charge in [0.15, 0.2) is 0 Å². The second-order valence-corrected chi connectivity index (χ2v) is 6.40. The Morgan fingerprint density at radius 2 is 2.00 bits per heavy atom. The van der Waals surface area contributed by atoms with Crippen molar-refractivity contribution in [2.24, 2.45) is 5.41 Å². The van der Waals surface area contributed by atoms with Gasteiger partial charge in [0.1, 0.15) is 11.6 Å². The highest BCUT2D eigenvalue weighted by atomic mass is 19.1. The first-order valence-corrected chi connectivity index (χ1v) is 7.65. The molecule has 4 heteroatoms. The van der Waals surface area contributed by atoms with Gasteiger partial charge in [-0.05, 0) is 62.1 Å². The second-order valence-electron chi connectivity index (χ2n) is 6.40. The van der Waals surface area contributed by atoms with Crippen molar-refractivity contribution in [3.05, 3.63) is 53.1 Å². The number of benzene rings is 1. The molecule has 1 atom stereocenters. The first kappa shape index (κ1) is 13.4. The highest BCUT2D eigenvalue weighted by Crippen LogP contribution is 2.45. The molecule has 22 heavy (non-hydrogen) atoms. The summed E-state index contributed by atoms with van der Waals surface area (Å²) in [7, 11) is 0. The number of carbonyl (C=O) groups is 1. The number of carbonyl (C=O) groups excluding carboxylic acids is 1. The van der Waals surface area contributed by atoms with Crippen LogP contribution in [0.4, 0.5) is 4.39 Å². The third kappa shape index (κ3) is 1.86. The van der Waals surface area contributed by atoms with Crippen LogP contribution in [0.3, 0.4) is 0 Å². The van der Waals surface area contributed by atoms with Crippen molar-refractivity contribution >= 4 is 11.9 Å². The summed E-state index contributed by atoms with van der Waals surface area (Å²) in [6.45, 7) is 2.05. The van der Waals surface area contributed by atoms with Gasteiger partial charge in [-0.15, -0.1) is 0 Å². The first-order valence-electron chi connectivity index (χ1n) is 7.65.